The van der Waals surface area contributed by atoms with Crippen molar-refractivity contribution in [3.63, 3.8) is 0 Å². The third-order valence-corrected chi connectivity index (χ3v) is 24.1. The number of H-pyrrole nitrogens is 3. The summed E-state index contributed by atoms with van der Waals surface area (Å²) in [5.74, 6) is -4.09. The van der Waals surface area contributed by atoms with Crippen LogP contribution in [0.5, 0.6) is 17.2 Å². The molecule has 3 aliphatic heterocycles. The molecule has 6 heterocycles. The molecule has 3 aliphatic rings. The number of aliphatic hydroxyl groups excluding tert-OH is 3. The topological polar surface area (TPSA) is 499 Å². The van der Waals surface area contributed by atoms with Gasteiger partial charge in [-0.1, -0.05) is 75.4 Å². The summed E-state index contributed by atoms with van der Waals surface area (Å²) < 4.78 is 153. The number of carbonyl (C=O) groups is 3. The van der Waals surface area contributed by atoms with Gasteiger partial charge in [-0.25, -0.2) is 41.3 Å². The quantitative estimate of drug-likeness (QED) is 0.0144. The number of ether oxygens (including phenoxy) is 6. The summed E-state index contributed by atoms with van der Waals surface area (Å²) in [4.78, 5) is 114. The van der Waals surface area contributed by atoms with E-state index in [0.717, 1.165) is 50.5 Å². The third-order valence-electron chi connectivity index (χ3n) is 17.7. The smallest absolute Gasteiger partial charge is 0.380 e. The SMILES string of the molecule is CC(C)OC(=O)[C@H](C)CP(=O)(Oc1ccccc1)O[C@H](C)[C@H]1O[C@@H](n2ccc(=O)[nH]c2=O)C(O)(CF)[C@H]1O.CC(C)OC(=O)[C@H](C)C[P@@](=O)(Oc1ccccc1)O[C@H](C)[C@H]1O[C@@H](n2ccc(=O)[nH]c2=O)C(O)(CF)[C@H]1O.CC(C)OC(=O)[C@H](C)C[P@](=O)(Oc1ccccc1)O[C@H](C)[C@H]1O[C@@H](n2ccc(=O)[nH]c2=O)C(O)(CF)[C@H]1O. The minimum Gasteiger partial charge on any atom is -0.463 e. The molecule has 3 aromatic heterocycles. The highest BCUT2D eigenvalue weighted by atomic mass is 31.2. The minimum absolute atomic E-state index is 0.179. The van der Waals surface area contributed by atoms with E-state index in [1.54, 1.807) is 96.1 Å². The first kappa shape index (κ1) is 92.7. The van der Waals surface area contributed by atoms with Crippen molar-refractivity contribution in [3.05, 3.63) is 190 Å². The van der Waals surface area contributed by atoms with Gasteiger partial charge in [-0.15, -0.1) is 0 Å². The first-order valence-electron chi connectivity index (χ1n) is 35.9. The van der Waals surface area contributed by atoms with Gasteiger partial charge in [-0.2, -0.15) is 0 Å². The molecule has 9 rings (SSSR count). The highest BCUT2D eigenvalue weighted by Gasteiger charge is 2.62. The Labute approximate surface area is 649 Å². The van der Waals surface area contributed by atoms with E-state index < -0.39 is 239 Å². The number of aromatic amines is 3. The Morgan fingerprint density at radius 3 is 0.816 bits per heavy atom. The van der Waals surface area contributed by atoms with Crippen molar-refractivity contribution in [1.82, 2.24) is 28.7 Å². The van der Waals surface area contributed by atoms with Gasteiger partial charge < -0.3 is 72.6 Å². The molecule has 0 amide bonds. The lowest BCUT2D eigenvalue weighted by atomic mass is 9.93. The van der Waals surface area contributed by atoms with Gasteiger partial charge in [0.25, 0.3) is 16.7 Å². The van der Waals surface area contributed by atoms with Gasteiger partial charge >= 0.3 is 57.8 Å². The van der Waals surface area contributed by atoms with Crippen LogP contribution in [0.3, 0.4) is 0 Å². The molecule has 0 aliphatic carbocycles. The Morgan fingerprint density at radius 2 is 0.623 bits per heavy atom. The molecule has 0 saturated carbocycles. The highest BCUT2D eigenvalue weighted by molar-refractivity contribution is 7.55. The van der Waals surface area contributed by atoms with Gasteiger partial charge in [0.15, 0.2) is 35.5 Å². The number of hydrogen-bond donors (Lipinski definition) is 9. The highest BCUT2D eigenvalue weighted by Crippen LogP contribution is 2.56. The molecule has 3 fully saturated rings. The molecular weight excluding hydrogens is 1580 g/mol. The summed E-state index contributed by atoms with van der Waals surface area (Å²) in [6, 6.07) is 27.0. The molecule has 6 aromatic rings. The van der Waals surface area contributed by atoms with E-state index >= 15 is 0 Å². The van der Waals surface area contributed by atoms with Crippen molar-refractivity contribution < 1.29 is 127 Å². The van der Waals surface area contributed by atoms with E-state index in [1.165, 1.54) is 77.9 Å². The zero-order valence-corrected chi connectivity index (χ0v) is 66.7. The summed E-state index contributed by atoms with van der Waals surface area (Å²) >= 11 is 0. The van der Waals surface area contributed by atoms with E-state index in [-0.39, 0.29) is 17.2 Å². The van der Waals surface area contributed by atoms with Gasteiger partial charge in [0.1, 0.15) is 73.9 Å². The largest absolute Gasteiger partial charge is 0.463 e. The average Bonchev–Trinajstić information content (AvgIpc) is 1.61. The fourth-order valence-corrected chi connectivity index (χ4v) is 18.3. The van der Waals surface area contributed by atoms with Crippen LogP contribution < -0.4 is 47.3 Å². The van der Waals surface area contributed by atoms with Crippen LogP contribution in [0.1, 0.15) is 102 Å². The zero-order chi connectivity index (χ0) is 84.8. The van der Waals surface area contributed by atoms with E-state index in [1.807, 2.05) is 15.0 Å². The third kappa shape index (κ3) is 23.2. The summed E-state index contributed by atoms with van der Waals surface area (Å²) in [7, 11) is -12.5. The van der Waals surface area contributed by atoms with Crippen molar-refractivity contribution in [2.24, 2.45) is 17.8 Å². The molecule has 42 heteroatoms. The van der Waals surface area contributed by atoms with E-state index in [2.05, 4.69) is 0 Å². The van der Waals surface area contributed by atoms with Crippen LogP contribution in [-0.4, -0.2) is 206 Å². The molecule has 114 heavy (non-hydrogen) atoms. The van der Waals surface area contributed by atoms with E-state index in [0.29, 0.717) is 0 Å². The van der Waals surface area contributed by atoms with Crippen molar-refractivity contribution in [3.8, 4) is 17.2 Å². The number of nitrogens with one attached hydrogen (secondary N) is 3. The summed E-state index contributed by atoms with van der Waals surface area (Å²) in [5.41, 5.74) is -13.0. The van der Waals surface area contributed by atoms with Crippen molar-refractivity contribution in [1.29, 1.82) is 0 Å². The fourth-order valence-electron chi connectivity index (χ4n) is 12.1. The fraction of sp³-hybridized carbons (Fsp3) is 0.542. The van der Waals surface area contributed by atoms with Gasteiger partial charge in [0.05, 0.1) is 72.9 Å². The zero-order valence-electron chi connectivity index (χ0n) is 64.1. The summed E-state index contributed by atoms with van der Waals surface area (Å²) in [5, 5.41) is 65.2. The van der Waals surface area contributed by atoms with Crippen LogP contribution in [0.15, 0.2) is 157 Å². The summed E-state index contributed by atoms with van der Waals surface area (Å²) in [6.45, 7) is 13.9. The van der Waals surface area contributed by atoms with E-state index in [9.17, 15) is 101 Å². The number of benzene rings is 3. The molecule has 0 bridgehead atoms. The molecule has 0 radical (unpaired) electrons. The van der Waals surface area contributed by atoms with Crippen molar-refractivity contribution in [2.75, 3.05) is 38.5 Å². The number of aliphatic hydroxyl groups is 6. The maximum Gasteiger partial charge on any atom is 0.380 e. The average molecular weight is 1680 g/mol. The number of halogens is 3. The van der Waals surface area contributed by atoms with Gasteiger partial charge in [0.2, 0.25) is 0 Å². The van der Waals surface area contributed by atoms with Crippen LogP contribution in [0.25, 0.3) is 0 Å². The standard InChI is InChI=1S/3C24H32FN2O10P/c3*1-14(2)34-21(30)15(3)12-38(33,37-17-8-6-5-7-9-17)36-16(4)19-20(29)24(32,13-25)22(35-19)27-11-10-18(28)26-23(27)31/h3*5-11,14-16,19-20,22,29,32H,12-13H2,1-4H3,(H,26,28,31)/t15-,16-,19-,20+,22-,24?,38?;15-,16-,19-,20+,22-,24?,38+;15-,16-,19-,20+,22-,24?,38-/m111/s1. The Kier molecular flexibility index (Phi) is 32.1. The predicted molar refractivity (Wildman–Crippen MR) is 398 cm³/mol. The molecule has 0 spiro atoms. The first-order chi connectivity index (χ1) is 53.4. The van der Waals surface area contributed by atoms with Crippen LogP contribution in [0.2, 0.25) is 0 Å². The number of nitrogens with zero attached hydrogens (tertiary/aromatic N) is 3. The monoisotopic (exact) mass is 1670 g/mol. The minimum atomic E-state index is -4.17. The number of aromatic nitrogens is 6. The lowest BCUT2D eigenvalue weighted by Gasteiger charge is -2.30. The maximum atomic E-state index is 14.1. The maximum absolute atomic E-state index is 14.1. The number of carbonyl (C=O) groups excluding carboxylic acids is 3. The lowest BCUT2D eigenvalue weighted by molar-refractivity contribution is -0.152. The second-order valence-electron chi connectivity index (χ2n) is 28.3. The predicted octanol–water partition coefficient (Wildman–Crippen LogP) is 5.28. The van der Waals surface area contributed by atoms with Crippen LogP contribution >= 0.6 is 22.8 Å². The van der Waals surface area contributed by atoms with Gasteiger partial charge in [-0.3, -0.25) is 71.0 Å². The van der Waals surface area contributed by atoms with Crippen molar-refractivity contribution in [2.45, 2.75) is 192 Å². The number of hydrogen-bond acceptors (Lipinski definition) is 30. The van der Waals surface area contributed by atoms with Gasteiger partial charge in [-0.05, 0) is 98.7 Å². The second-order valence-corrected chi connectivity index (χ2v) is 34.2. The molecule has 9 N–H and O–H groups in total. The summed E-state index contributed by atoms with van der Waals surface area (Å²) in [6.07, 6.45) is -19.0. The van der Waals surface area contributed by atoms with Crippen LogP contribution in [0.4, 0.5) is 13.2 Å². The normalized spacial score (nSPS) is 26.5. The van der Waals surface area contributed by atoms with Crippen molar-refractivity contribution >= 4 is 40.7 Å². The van der Waals surface area contributed by atoms with Crippen LogP contribution in [0, 0.1) is 17.8 Å². The number of esters is 3. The molecular formula is C72H96F3N6O30P3. The second kappa shape index (κ2) is 39.4. The molecule has 36 nitrogen and oxygen atoms in total. The van der Waals surface area contributed by atoms with E-state index in [4.69, 9.17) is 55.6 Å². The molecule has 3 saturated heterocycles. The Hall–Kier alpha value is -8.49. The number of para-hydroxylation sites is 3. The van der Waals surface area contributed by atoms with Crippen LogP contribution in [-0.2, 0) is 70.1 Å². The first-order valence-corrected chi connectivity index (χ1v) is 41.0. The molecule has 630 valence electrons. The van der Waals surface area contributed by atoms with Gasteiger partial charge in [0, 0.05) is 36.8 Å². The Bertz CT molecular complexity index is 4270. The molecule has 4 unspecified atom stereocenters. The number of alkyl halides is 3. The molecule has 21 atom stereocenters. The number of rotatable bonds is 33. The lowest BCUT2D eigenvalue weighted by Crippen LogP contribution is -2.51. The Morgan fingerprint density at radius 1 is 0.404 bits per heavy atom. The Balaban J connectivity index is 0.000000237. The molecule has 3 aromatic carbocycles.